The van der Waals surface area contributed by atoms with Crippen LogP contribution in [0.4, 0.5) is 0 Å². The number of benzene rings is 2. The molecule has 0 saturated carbocycles. The van der Waals surface area contributed by atoms with Crippen molar-refractivity contribution in [2.75, 3.05) is 0 Å². The number of hydrogen-bond acceptors (Lipinski definition) is 3. The number of hydrogen-bond donors (Lipinski definition) is 1. The molecule has 0 aliphatic carbocycles. The normalized spacial score (nSPS) is 10.9. The van der Waals surface area contributed by atoms with E-state index in [0.717, 1.165) is 20.4 Å². The van der Waals surface area contributed by atoms with E-state index in [1.807, 2.05) is 24.3 Å². The molecule has 0 aromatic heterocycles. The highest BCUT2D eigenvalue weighted by atomic mass is 127. The molecule has 2 aromatic carbocycles. The standard InChI is InChI=1S/C14H10Cl2INO2/c15-11-3-1-10(5-12(11)16)8-20-14-4-2-9(7-18-19)6-13(14)17/h1-7,19H,8H2/b18-7-. The summed E-state index contributed by atoms with van der Waals surface area (Å²) in [6, 6.07) is 10.9. The fourth-order valence-corrected chi connectivity index (χ4v) is 2.59. The fourth-order valence-electron chi connectivity index (χ4n) is 1.57. The smallest absolute Gasteiger partial charge is 0.133 e. The van der Waals surface area contributed by atoms with Gasteiger partial charge in [0.05, 0.1) is 19.8 Å². The Morgan fingerprint density at radius 2 is 1.95 bits per heavy atom. The lowest BCUT2D eigenvalue weighted by Crippen LogP contribution is -1.97. The van der Waals surface area contributed by atoms with E-state index >= 15 is 0 Å². The molecule has 2 rings (SSSR count). The van der Waals surface area contributed by atoms with Crippen LogP contribution in [0, 0.1) is 3.57 Å². The highest BCUT2D eigenvalue weighted by Crippen LogP contribution is 2.25. The van der Waals surface area contributed by atoms with Crippen LogP contribution < -0.4 is 4.74 Å². The van der Waals surface area contributed by atoms with Gasteiger partial charge in [0.15, 0.2) is 0 Å². The Morgan fingerprint density at radius 1 is 1.15 bits per heavy atom. The molecular formula is C14H10Cl2INO2. The molecule has 0 atom stereocenters. The van der Waals surface area contributed by atoms with Crippen LogP contribution in [-0.2, 0) is 6.61 Å². The molecular weight excluding hydrogens is 412 g/mol. The van der Waals surface area contributed by atoms with Crippen molar-refractivity contribution in [2.45, 2.75) is 6.61 Å². The van der Waals surface area contributed by atoms with Crippen LogP contribution >= 0.6 is 45.8 Å². The maximum absolute atomic E-state index is 8.49. The first-order chi connectivity index (χ1) is 9.60. The van der Waals surface area contributed by atoms with Gasteiger partial charge in [-0.2, -0.15) is 0 Å². The minimum Gasteiger partial charge on any atom is -0.488 e. The van der Waals surface area contributed by atoms with Crippen molar-refractivity contribution in [1.82, 2.24) is 0 Å². The van der Waals surface area contributed by atoms with Gasteiger partial charge >= 0.3 is 0 Å². The number of rotatable bonds is 4. The summed E-state index contributed by atoms with van der Waals surface area (Å²) in [6.07, 6.45) is 1.37. The van der Waals surface area contributed by atoms with Crippen LogP contribution in [0.5, 0.6) is 5.75 Å². The summed E-state index contributed by atoms with van der Waals surface area (Å²) in [4.78, 5) is 0. The molecule has 1 N–H and O–H groups in total. The van der Waals surface area contributed by atoms with E-state index in [1.54, 1.807) is 12.1 Å². The Kier molecular flexibility index (Phi) is 5.51. The molecule has 6 heteroatoms. The van der Waals surface area contributed by atoms with Gasteiger partial charge in [-0.3, -0.25) is 0 Å². The summed E-state index contributed by atoms with van der Waals surface area (Å²) in [7, 11) is 0. The lowest BCUT2D eigenvalue weighted by atomic mass is 10.2. The minimum absolute atomic E-state index is 0.403. The summed E-state index contributed by atoms with van der Waals surface area (Å²) < 4.78 is 6.67. The number of ether oxygens (including phenoxy) is 1. The van der Waals surface area contributed by atoms with Crippen molar-refractivity contribution in [1.29, 1.82) is 0 Å². The van der Waals surface area contributed by atoms with Crippen molar-refractivity contribution < 1.29 is 9.94 Å². The van der Waals surface area contributed by atoms with Crippen molar-refractivity contribution in [3.8, 4) is 5.75 Å². The third-order valence-electron chi connectivity index (χ3n) is 2.54. The third-order valence-corrected chi connectivity index (χ3v) is 4.12. The summed E-state index contributed by atoms with van der Waals surface area (Å²) in [5.41, 5.74) is 1.75. The van der Waals surface area contributed by atoms with Gasteiger partial charge in [0.25, 0.3) is 0 Å². The largest absolute Gasteiger partial charge is 0.488 e. The number of halogens is 3. The minimum atomic E-state index is 0.403. The van der Waals surface area contributed by atoms with E-state index in [-0.39, 0.29) is 0 Å². The van der Waals surface area contributed by atoms with Gasteiger partial charge in [-0.25, -0.2) is 0 Å². The lowest BCUT2D eigenvalue weighted by Gasteiger charge is -2.09. The van der Waals surface area contributed by atoms with E-state index in [1.165, 1.54) is 6.21 Å². The Morgan fingerprint density at radius 3 is 2.60 bits per heavy atom. The second-order valence-corrected chi connectivity index (χ2v) is 5.95. The van der Waals surface area contributed by atoms with Crippen molar-refractivity contribution in [3.63, 3.8) is 0 Å². The maximum atomic E-state index is 8.49. The molecule has 0 aliphatic heterocycles. The van der Waals surface area contributed by atoms with Crippen molar-refractivity contribution in [2.24, 2.45) is 5.16 Å². The Balaban J connectivity index is 2.08. The van der Waals surface area contributed by atoms with Crippen LogP contribution in [0.2, 0.25) is 10.0 Å². The van der Waals surface area contributed by atoms with Gasteiger partial charge < -0.3 is 9.94 Å². The van der Waals surface area contributed by atoms with Crippen molar-refractivity contribution >= 4 is 52.0 Å². The Bertz CT molecular complexity index is 647. The van der Waals surface area contributed by atoms with E-state index in [9.17, 15) is 0 Å². The predicted molar refractivity (Wildman–Crippen MR) is 89.3 cm³/mol. The van der Waals surface area contributed by atoms with Crippen LogP contribution in [0.3, 0.4) is 0 Å². The van der Waals surface area contributed by atoms with Gasteiger partial charge in [-0.1, -0.05) is 34.4 Å². The van der Waals surface area contributed by atoms with Crippen LogP contribution in [0.1, 0.15) is 11.1 Å². The second kappa shape index (κ2) is 7.15. The maximum Gasteiger partial charge on any atom is 0.133 e. The zero-order valence-corrected chi connectivity index (χ0v) is 13.9. The first-order valence-electron chi connectivity index (χ1n) is 5.64. The molecule has 0 radical (unpaired) electrons. The van der Waals surface area contributed by atoms with Gasteiger partial charge in [0.2, 0.25) is 0 Å². The van der Waals surface area contributed by atoms with Crippen molar-refractivity contribution in [3.05, 3.63) is 61.1 Å². The topological polar surface area (TPSA) is 41.8 Å². The van der Waals surface area contributed by atoms with Gasteiger partial charge in [-0.15, -0.1) is 0 Å². The molecule has 104 valence electrons. The van der Waals surface area contributed by atoms with Crippen LogP contribution in [0.15, 0.2) is 41.6 Å². The summed E-state index contributed by atoms with van der Waals surface area (Å²) in [5, 5.41) is 12.5. The van der Waals surface area contributed by atoms with E-state index in [4.69, 9.17) is 33.1 Å². The molecule has 0 aliphatic rings. The fraction of sp³-hybridized carbons (Fsp3) is 0.0714. The van der Waals surface area contributed by atoms with Crippen LogP contribution in [0.25, 0.3) is 0 Å². The van der Waals surface area contributed by atoms with Gasteiger partial charge in [-0.05, 0) is 64.0 Å². The number of nitrogens with zero attached hydrogens (tertiary/aromatic N) is 1. The molecule has 0 fully saturated rings. The monoisotopic (exact) mass is 421 g/mol. The molecule has 20 heavy (non-hydrogen) atoms. The summed E-state index contributed by atoms with van der Waals surface area (Å²) in [6.45, 7) is 0.403. The molecule has 2 aromatic rings. The van der Waals surface area contributed by atoms with E-state index in [2.05, 4.69) is 27.7 Å². The first kappa shape index (κ1) is 15.4. The predicted octanol–water partition coefficient (Wildman–Crippen LogP) is 4.99. The van der Waals surface area contributed by atoms with Gasteiger partial charge in [0.1, 0.15) is 12.4 Å². The van der Waals surface area contributed by atoms with Crippen LogP contribution in [-0.4, -0.2) is 11.4 Å². The molecule has 0 bridgehead atoms. The zero-order chi connectivity index (χ0) is 14.5. The Labute approximate surface area is 140 Å². The molecule has 0 saturated heterocycles. The molecule has 0 amide bonds. The average molecular weight is 422 g/mol. The highest BCUT2D eigenvalue weighted by Gasteiger charge is 2.04. The quantitative estimate of drug-likeness (QED) is 0.327. The SMILES string of the molecule is O/N=C\c1ccc(OCc2ccc(Cl)c(Cl)c2)c(I)c1. The zero-order valence-electron chi connectivity index (χ0n) is 10.2. The molecule has 0 heterocycles. The second-order valence-electron chi connectivity index (χ2n) is 3.97. The lowest BCUT2D eigenvalue weighted by molar-refractivity contribution is 0.304. The average Bonchev–Trinajstić information content (AvgIpc) is 2.42. The third kappa shape index (κ3) is 4.01. The molecule has 0 unspecified atom stereocenters. The van der Waals surface area contributed by atoms with Gasteiger partial charge in [0, 0.05) is 0 Å². The molecule has 0 spiro atoms. The number of oxime groups is 1. The van der Waals surface area contributed by atoms with E-state index in [0.29, 0.717) is 16.7 Å². The van der Waals surface area contributed by atoms with E-state index < -0.39 is 0 Å². The highest BCUT2D eigenvalue weighted by molar-refractivity contribution is 14.1. The molecule has 3 nitrogen and oxygen atoms in total. The summed E-state index contributed by atoms with van der Waals surface area (Å²) in [5.74, 6) is 0.756. The Hall–Kier alpha value is -0.980. The first-order valence-corrected chi connectivity index (χ1v) is 7.47. The summed E-state index contributed by atoms with van der Waals surface area (Å²) >= 11 is 14.0.